The van der Waals surface area contributed by atoms with Crippen molar-refractivity contribution < 1.29 is 19.1 Å². The lowest BCUT2D eigenvalue weighted by Gasteiger charge is -2.31. The summed E-state index contributed by atoms with van der Waals surface area (Å²) in [7, 11) is 1.59. The maximum atomic E-state index is 13.4. The van der Waals surface area contributed by atoms with Crippen LogP contribution >= 0.6 is 0 Å². The summed E-state index contributed by atoms with van der Waals surface area (Å²) in [5.74, 6) is 0.246. The minimum absolute atomic E-state index is 0.129. The molecule has 1 fully saturated rings. The van der Waals surface area contributed by atoms with Gasteiger partial charge in [0.2, 0.25) is 5.91 Å². The average Bonchev–Trinajstić information content (AvgIpc) is 3.13. The lowest BCUT2D eigenvalue weighted by Crippen LogP contribution is -2.49. The van der Waals surface area contributed by atoms with Crippen LogP contribution in [0.1, 0.15) is 16.8 Å². The monoisotopic (exact) mass is 368 g/mol. The molecule has 0 N–H and O–H groups in total. The normalized spacial score (nSPS) is 21.3. The third-order valence-electron chi connectivity index (χ3n) is 4.85. The van der Waals surface area contributed by atoms with Crippen molar-refractivity contribution in [2.75, 3.05) is 31.7 Å². The fourth-order valence-corrected chi connectivity index (χ4v) is 3.59. The molecule has 8 nitrogen and oxygen atoms in total. The Kier molecular flexibility index (Phi) is 4.72. The predicted molar refractivity (Wildman–Crippen MR) is 96.6 cm³/mol. The van der Waals surface area contributed by atoms with Crippen LogP contribution in [0.15, 0.2) is 43.0 Å². The number of hydrogen-bond donors (Lipinski definition) is 0. The Morgan fingerprint density at radius 3 is 2.85 bits per heavy atom. The molecule has 27 heavy (non-hydrogen) atoms. The van der Waals surface area contributed by atoms with Crippen molar-refractivity contribution in [2.24, 2.45) is 0 Å². The number of ether oxygens (including phenoxy) is 2. The van der Waals surface area contributed by atoms with Crippen molar-refractivity contribution >= 4 is 17.5 Å². The molecule has 1 saturated heterocycles. The molecule has 2 amide bonds. The molecule has 140 valence electrons. The summed E-state index contributed by atoms with van der Waals surface area (Å²) in [6, 6.07) is 6.84. The first-order valence-corrected chi connectivity index (χ1v) is 8.81. The molecule has 0 saturated carbocycles. The number of nitrogens with zero attached hydrogens (tertiary/aromatic N) is 4. The number of amides is 2. The van der Waals surface area contributed by atoms with Gasteiger partial charge in [-0.25, -0.2) is 9.97 Å². The van der Waals surface area contributed by atoms with Crippen molar-refractivity contribution in [2.45, 2.75) is 18.6 Å². The highest BCUT2D eigenvalue weighted by atomic mass is 16.5. The standard InChI is InChI=1S/C19H20N4O4/c1-26-7-6-22-15-4-2-3-5-17(15)27-14-8-16(19(22)25)23(11-14)18(24)13-9-20-12-21-10-13/h2-5,9-10,12,14,16H,6-8,11H2,1H3/t14-,16-/m0/s1. The van der Waals surface area contributed by atoms with Gasteiger partial charge in [-0.05, 0) is 12.1 Å². The number of anilines is 1. The molecule has 2 bridgehead atoms. The van der Waals surface area contributed by atoms with E-state index in [0.717, 1.165) is 0 Å². The van der Waals surface area contributed by atoms with Gasteiger partial charge in [0.15, 0.2) is 0 Å². The molecule has 2 atom stereocenters. The number of fused-ring (bicyclic) bond motifs is 3. The largest absolute Gasteiger partial charge is 0.486 e. The van der Waals surface area contributed by atoms with Crippen molar-refractivity contribution in [3.8, 4) is 5.75 Å². The Morgan fingerprint density at radius 2 is 2.07 bits per heavy atom. The van der Waals surface area contributed by atoms with E-state index < -0.39 is 6.04 Å². The fraction of sp³-hybridized carbons (Fsp3) is 0.368. The quantitative estimate of drug-likeness (QED) is 0.804. The first-order chi connectivity index (χ1) is 13.2. The zero-order chi connectivity index (χ0) is 18.8. The molecule has 8 heteroatoms. The second kappa shape index (κ2) is 7.32. The fourth-order valence-electron chi connectivity index (χ4n) is 3.59. The van der Waals surface area contributed by atoms with E-state index in [9.17, 15) is 9.59 Å². The molecule has 0 aliphatic carbocycles. The third kappa shape index (κ3) is 3.23. The molecule has 2 aliphatic heterocycles. The molecule has 4 rings (SSSR count). The van der Waals surface area contributed by atoms with Gasteiger partial charge in [-0.15, -0.1) is 0 Å². The number of carbonyl (C=O) groups excluding carboxylic acids is 2. The first-order valence-electron chi connectivity index (χ1n) is 8.81. The Labute approximate surface area is 156 Å². The van der Waals surface area contributed by atoms with Gasteiger partial charge in [0.1, 0.15) is 24.2 Å². The van der Waals surface area contributed by atoms with Gasteiger partial charge in [-0.2, -0.15) is 0 Å². The minimum Gasteiger partial charge on any atom is -0.486 e. The Hall–Kier alpha value is -3.00. The number of para-hydroxylation sites is 2. The highest BCUT2D eigenvalue weighted by Crippen LogP contribution is 2.36. The van der Waals surface area contributed by atoms with E-state index in [1.54, 1.807) is 16.9 Å². The average molecular weight is 368 g/mol. The summed E-state index contributed by atoms with van der Waals surface area (Å²) in [6.45, 7) is 1.11. The number of hydrogen-bond acceptors (Lipinski definition) is 6. The molecule has 1 aromatic heterocycles. The summed E-state index contributed by atoms with van der Waals surface area (Å²) in [5.41, 5.74) is 1.06. The van der Waals surface area contributed by atoms with Crippen LogP contribution in [-0.2, 0) is 9.53 Å². The topological polar surface area (TPSA) is 84.9 Å². The second-order valence-electron chi connectivity index (χ2n) is 6.53. The summed E-state index contributed by atoms with van der Waals surface area (Å²) in [4.78, 5) is 37.3. The first kappa shape index (κ1) is 17.4. The lowest BCUT2D eigenvalue weighted by molar-refractivity contribution is -0.122. The van der Waals surface area contributed by atoms with E-state index in [4.69, 9.17) is 9.47 Å². The summed E-state index contributed by atoms with van der Waals surface area (Å²) < 4.78 is 11.3. The summed E-state index contributed by atoms with van der Waals surface area (Å²) >= 11 is 0. The SMILES string of the molecule is COCCN1C(=O)[C@@H]2C[C@@H](CN2C(=O)c2cncnc2)Oc2ccccc21. The van der Waals surface area contributed by atoms with Gasteiger partial charge in [-0.1, -0.05) is 12.1 Å². The summed E-state index contributed by atoms with van der Waals surface area (Å²) in [5, 5.41) is 0. The van der Waals surface area contributed by atoms with Crippen LogP contribution in [0.4, 0.5) is 5.69 Å². The molecule has 2 aromatic rings. The summed E-state index contributed by atoms with van der Waals surface area (Å²) in [6.07, 6.45) is 4.51. The third-order valence-corrected chi connectivity index (χ3v) is 4.85. The molecule has 0 spiro atoms. The molecular formula is C19H20N4O4. The highest BCUT2D eigenvalue weighted by Gasteiger charge is 2.45. The molecular weight excluding hydrogens is 348 g/mol. The van der Waals surface area contributed by atoms with Crippen molar-refractivity contribution in [1.82, 2.24) is 14.9 Å². The number of likely N-dealkylation sites (tertiary alicyclic amines) is 1. The predicted octanol–water partition coefficient (Wildman–Crippen LogP) is 1.13. The van der Waals surface area contributed by atoms with Gasteiger partial charge in [0, 0.05) is 32.5 Å². The number of aromatic nitrogens is 2. The maximum Gasteiger partial charge on any atom is 0.257 e. The van der Waals surface area contributed by atoms with Gasteiger partial charge >= 0.3 is 0 Å². The van der Waals surface area contributed by atoms with E-state index >= 15 is 0 Å². The lowest BCUT2D eigenvalue weighted by atomic mass is 10.1. The van der Waals surface area contributed by atoms with Gasteiger partial charge in [-0.3, -0.25) is 9.59 Å². The molecule has 3 heterocycles. The van der Waals surface area contributed by atoms with Crippen molar-refractivity contribution in [1.29, 1.82) is 0 Å². The van der Waals surface area contributed by atoms with E-state index in [0.29, 0.717) is 43.1 Å². The Bertz CT molecular complexity index is 845. The van der Waals surface area contributed by atoms with Crippen LogP contribution in [-0.4, -0.2) is 65.6 Å². The smallest absolute Gasteiger partial charge is 0.257 e. The molecule has 0 unspecified atom stereocenters. The van der Waals surface area contributed by atoms with Crippen LogP contribution in [0.5, 0.6) is 5.75 Å². The van der Waals surface area contributed by atoms with Gasteiger partial charge in [0.05, 0.1) is 24.4 Å². The molecule has 2 aliphatic rings. The van der Waals surface area contributed by atoms with E-state index in [-0.39, 0.29) is 17.9 Å². The van der Waals surface area contributed by atoms with Crippen LogP contribution in [0.25, 0.3) is 0 Å². The Morgan fingerprint density at radius 1 is 1.30 bits per heavy atom. The number of rotatable bonds is 4. The van der Waals surface area contributed by atoms with Crippen LogP contribution in [0.2, 0.25) is 0 Å². The van der Waals surface area contributed by atoms with E-state index in [2.05, 4.69) is 9.97 Å². The minimum atomic E-state index is -0.590. The maximum absolute atomic E-state index is 13.4. The molecule has 1 aromatic carbocycles. The number of methoxy groups -OCH3 is 1. The van der Waals surface area contributed by atoms with Crippen molar-refractivity contribution in [3.05, 3.63) is 48.5 Å². The van der Waals surface area contributed by atoms with Crippen LogP contribution < -0.4 is 9.64 Å². The van der Waals surface area contributed by atoms with E-state index in [1.807, 2.05) is 24.3 Å². The Balaban J connectivity index is 1.69. The van der Waals surface area contributed by atoms with Crippen LogP contribution in [0.3, 0.4) is 0 Å². The molecule has 0 radical (unpaired) electrons. The number of benzene rings is 1. The zero-order valence-electron chi connectivity index (χ0n) is 14.9. The second-order valence-corrected chi connectivity index (χ2v) is 6.53. The van der Waals surface area contributed by atoms with Crippen LogP contribution in [0, 0.1) is 0 Å². The van der Waals surface area contributed by atoms with Crippen molar-refractivity contribution in [3.63, 3.8) is 0 Å². The van der Waals surface area contributed by atoms with E-state index in [1.165, 1.54) is 18.7 Å². The zero-order valence-corrected chi connectivity index (χ0v) is 14.9. The highest BCUT2D eigenvalue weighted by molar-refractivity contribution is 6.03. The van der Waals surface area contributed by atoms with Gasteiger partial charge in [0.25, 0.3) is 5.91 Å². The van der Waals surface area contributed by atoms with Gasteiger partial charge < -0.3 is 19.3 Å². The number of carbonyl (C=O) groups is 2.